The van der Waals surface area contributed by atoms with E-state index in [4.69, 9.17) is 0 Å². The lowest BCUT2D eigenvalue weighted by Crippen LogP contribution is -2.39. The fraction of sp³-hybridized carbons (Fsp3) is 0.667. The molecule has 1 amide bonds. The summed E-state index contributed by atoms with van der Waals surface area (Å²) >= 11 is 1.77. The molecule has 0 radical (unpaired) electrons. The maximum absolute atomic E-state index is 12.3. The summed E-state index contributed by atoms with van der Waals surface area (Å²) in [7, 11) is 1.94. The molecule has 2 rings (SSSR count). The van der Waals surface area contributed by atoms with E-state index in [2.05, 4.69) is 29.8 Å². The molecule has 1 fully saturated rings. The van der Waals surface area contributed by atoms with Crippen molar-refractivity contribution in [2.45, 2.75) is 38.6 Å². The second-order valence-corrected chi connectivity index (χ2v) is 6.59. The van der Waals surface area contributed by atoms with Crippen LogP contribution in [0.5, 0.6) is 0 Å². The second kappa shape index (κ2) is 7.06. The molecular weight excluding hydrogens is 256 g/mol. The SMILES string of the molecule is CC(Cc1cccs1)N(C)C(=O)CC1CCCNC1. The van der Waals surface area contributed by atoms with Crippen molar-refractivity contribution < 1.29 is 4.79 Å². The molecule has 2 heterocycles. The molecule has 1 aliphatic rings. The van der Waals surface area contributed by atoms with Crippen LogP contribution in [-0.2, 0) is 11.2 Å². The van der Waals surface area contributed by atoms with Crippen molar-refractivity contribution in [2.75, 3.05) is 20.1 Å². The van der Waals surface area contributed by atoms with Gasteiger partial charge in [-0.25, -0.2) is 0 Å². The topological polar surface area (TPSA) is 32.3 Å². The summed E-state index contributed by atoms with van der Waals surface area (Å²) in [6.07, 6.45) is 4.04. The highest BCUT2D eigenvalue weighted by Gasteiger charge is 2.21. The van der Waals surface area contributed by atoms with Gasteiger partial charge in [-0.3, -0.25) is 4.79 Å². The summed E-state index contributed by atoms with van der Waals surface area (Å²) < 4.78 is 0. The average Bonchev–Trinajstić information content (AvgIpc) is 2.91. The molecule has 0 aromatic carbocycles. The predicted octanol–water partition coefficient (Wildman–Crippen LogP) is 2.53. The minimum Gasteiger partial charge on any atom is -0.343 e. The quantitative estimate of drug-likeness (QED) is 0.899. The summed E-state index contributed by atoms with van der Waals surface area (Å²) in [5.74, 6) is 0.815. The number of carbonyl (C=O) groups is 1. The van der Waals surface area contributed by atoms with Crippen LogP contribution in [0.15, 0.2) is 17.5 Å². The molecule has 1 aromatic rings. The van der Waals surface area contributed by atoms with Gasteiger partial charge in [0.15, 0.2) is 0 Å². The highest BCUT2D eigenvalue weighted by molar-refractivity contribution is 7.09. The van der Waals surface area contributed by atoms with Crippen molar-refractivity contribution in [3.63, 3.8) is 0 Å². The Morgan fingerprint density at radius 1 is 1.63 bits per heavy atom. The van der Waals surface area contributed by atoms with E-state index in [0.717, 1.165) is 19.5 Å². The van der Waals surface area contributed by atoms with Gasteiger partial charge in [0.1, 0.15) is 0 Å². The normalized spacial score (nSPS) is 21.1. The van der Waals surface area contributed by atoms with Gasteiger partial charge in [0.25, 0.3) is 0 Å². The largest absolute Gasteiger partial charge is 0.343 e. The third-order valence-electron chi connectivity index (χ3n) is 3.99. The Labute approximate surface area is 120 Å². The van der Waals surface area contributed by atoms with Gasteiger partial charge in [0, 0.05) is 30.8 Å². The van der Waals surface area contributed by atoms with Crippen LogP contribution in [0.2, 0.25) is 0 Å². The zero-order chi connectivity index (χ0) is 13.7. The van der Waals surface area contributed by atoms with E-state index in [0.29, 0.717) is 12.3 Å². The highest BCUT2D eigenvalue weighted by Crippen LogP contribution is 2.18. The molecule has 106 valence electrons. The lowest BCUT2D eigenvalue weighted by atomic mass is 9.95. The number of hydrogen-bond acceptors (Lipinski definition) is 3. The molecule has 19 heavy (non-hydrogen) atoms. The van der Waals surface area contributed by atoms with Crippen LogP contribution in [0.4, 0.5) is 0 Å². The first-order valence-corrected chi connectivity index (χ1v) is 8.03. The van der Waals surface area contributed by atoms with E-state index in [1.807, 2.05) is 11.9 Å². The predicted molar refractivity (Wildman–Crippen MR) is 80.5 cm³/mol. The number of carbonyl (C=O) groups excluding carboxylic acids is 1. The van der Waals surface area contributed by atoms with Crippen molar-refractivity contribution in [3.8, 4) is 0 Å². The fourth-order valence-electron chi connectivity index (χ4n) is 2.59. The van der Waals surface area contributed by atoms with Gasteiger partial charge in [0.05, 0.1) is 0 Å². The van der Waals surface area contributed by atoms with E-state index in [9.17, 15) is 4.79 Å². The lowest BCUT2D eigenvalue weighted by molar-refractivity contribution is -0.132. The van der Waals surface area contributed by atoms with Gasteiger partial charge in [-0.05, 0) is 50.2 Å². The fourth-order valence-corrected chi connectivity index (χ4v) is 3.42. The van der Waals surface area contributed by atoms with Crippen molar-refractivity contribution >= 4 is 17.2 Å². The standard InChI is InChI=1S/C15H24N2OS/c1-12(9-14-6-4-8-19-14)17(2)15(18)10-13-5-3-7-16-11-13/h4,6,8,12-13,16H,3,5,7,9-11H2,1-2H3. The van der Waals surface area contributed by atoms with E-state index >= 15 is 0 Å². The van der Waals surface area contributed by atoms with Gasteiger partial charge < -0.3 is 10.2 Å². The van der Waals surface area contributed by atoms with E-state index < -0.39 is 0 Å². The van der Waals surface area contributed by atoms with Gasteiger partial charge >= 0.3 is 0 Å². The van der Waals surface area contributed by atoms with Crippen LogP contribution in [-0.4, -0.2) is 37.0 Å². The first-order chi connectivity index (χ1) is 9.16. The Morgan fingerprint density at radius 2 is 2.47 bits per heavy atom. The lowest BCUT2D eigenvalue weighted by Gasteiger charge is -2.28. The van der Waals surface area contributed by atoms with Gasteiger partial charge in [-0.2, -0.15) is 0 Å². The first-order valence-electron chi connectivity index (χ1n) is 7.15. The molecule has 4 heteroatoms. The van der Waals surface area contributed by atoms with Crippen LogP contribution in [0.1, 0.15) is 31.1 Å². The zero-order valence-corrected chi connectivity index (χ0v) is 12.7. The first kappa shape index (κ1) is 14.5. The Hall–Kier alpha value is -0.870. The Morgan fingerprint density at radius 3 is 3.11 bits per heavy atom. The van der Waals surface area contributed by atoms with E-state index in [1.165, 1.54) is 17.7 Å². The summed E-state index contributed by atoms with van der Waals surface area (Å²) in [6, 6.07) is 4.50. The van der Waals surface area contributed by atoms with Crippen molar-refractivity contribution in [2.24, 2.45) is 5.92 Å². The number of thiophene rings is 1. The smallest absolute Gasteiger partial charge is 0.222 e. The second-order valence-electron chi connectivity index (χ2n) is 5.55. The summed E-state index contributed by atoms with van der Waals surface area (Å²) in [4.78, 5) is 15.6. The molecule has 2 unspecified atom stereocenters. The number of nitrogens with zero attached hydrogens (tertiary/aromatic N) is 1. The maximum atomic E-state index is 12.3. The molecular formula is C15H24N2OS. The van der Waals surface area contributed by atoms with Crippen molar-refractivity contribution in [1.29, 1.82) is 0 Å². The molecule has 0 saturated carbocycles. The van der Waals surface area contributed by atoms with E-state index in [1.54, 1.807) is 11.3 Å². The maximum Gasteiger partial charge on any atom is 0.222 e. The summed E-state index contributed by atoms with van der Waals surface area (Å²) in [6.45, 7) is 4.24. The summed E-state index contributed by atoms with van der Waals surface area (Å²) in [5.41, 5.74) is 0. The van der Waals surface area contributed by atoms with Crippen LogP contribution in [0.25, 0.3) is 0 Å². The minimum absolute atomic E-state index is 0.280. The Kier molecular flexibility index (Phi) is 5.40. The van der Waals surface area contributed by atoms with Crippen LogP contribution in [0.3, 0.4) is 0 Å². The number of likely N-dealkylation sites (N-methyl/N-ethyl adjacent to an activating group) is 1. The third kappa shape index (κ3) is 4.32. The summed E-state index contributed by atoms with van der Waals surface area (Å²) in [5, 5.41) is 5.47. The highest BCUT2D eigenvalue weighted by atomic mass is 32.1. The van der Waals surface area contributed by atoms with Crippen LogP contribution >= 0.6 is 11.3 Å². The molecule has 0 bridgehead atoms. The number of rotatable bonds is 5. The zero-order valence-electron chi connectivity index (χ0n) is 11.9. The third-order valence-corrected chi connectivity index (χ3v) is 4.89. The Balaban J connectivity index is 1.80. The number of piperidine rings is 1. The van der Waals surface area contributed by atoms with Gasteiger partial charge in [-0.15, -0.1) is 11.3 Å². The molecule has 2 atom stereocenters. The molecule has 1 aliphatic heterocycles. The van der Waals surface area contributed by atoms with Crippen molar-refractivity contribution in [3.05, 3.63) is 22.4 Å². The number of hydrogen-bond donors (Lipinski definition) is 1. The Bertz CT molecular complexity index is 385. The average molecular weight is 280 g/mol. The van der Waals surface area contributed by atoms with Gasteiger partial charge in [-0.1, -0.05) is 6.07 Å². The van der Waals surface area contributed by atoms with Gasteiger partial charge in [0.2, 0.25) is 5.91 Å². The minimum atomic E-state index is 0.280. The molecule has 1 saturated heterocycles. The monoisotopic (exact) mass is 280 g/mol. The van der Waals surface area contributed by atoms with Crippen LogP contribution in [0, 0.1) is 5.92 Å². The number of nitrogens with one attached hydrogen (secondary N) is 1. The molecule has 1 aromatic heterocycles. The molecule has 0 spiro atoms. The molecule has 3 nitrogen and oxygen atoms in total. The number of amides is 1. The van der Waals surface area contributed by atoms with Crippen molar-refractivity contribution in [1.82, 2.24) is 10.2 Å². The molecule has 1 N–H and O–H groups in total. The molecule has 0 aliphatic carbocycles. The van der Waals surface area contributed by atoms with E-state index in [-0.39, 0.29) is 11.9 Å². The van der Waals surface area contributed by atoms with Crippen LogP contribution < -0.4 is 5.32 Å².